The fraction of sp³-hybridized carbons (Fsp3) is 0.536. The summed E-state index contributed by atoms with van der Waals surface area (Å²) in [6.07, 6.45) is 8.54. The molecule has 0 aromatic heterocycles. The highest BCUT2D eigenvalue weighted by Crippen LogP contribution is 2.42. The van der Waals surface area contributed by atoms with Crippen LogP contribution in [-0.2, 0) is 11.2 Å². The summed E-state index contributed by atoms with van der Waals surface area (Å²) in [5.74, 6) is 0.843. The maximum atomic E-state index is 12.5. The van der Waals surface area contributed by atoms with E-state index in [9.17, 15) is 4.79 Å². The van der Waals surface area contributed by atoms with Crippen molar-refractivity contribution in [2.24, 2.45) is 0 Å². The van der Waals surface area contributed by atoms with Gasteiger partial charge in [-0.15, -0.1) is 0 Å². The predicted octanol–water partition coefficient (Wildman–Crippen LogP) is 5.48. The number of carbonyl (C=O) groups excluding carboxylic acids is 1. The van der Waals surface area contributed by atoms with E-state index in [2.05, 4.69) is 28.4 Å². The second kappa shape index (κ2) is 9.88. The van der Waals surface area contributed by atoms with Gasteiger partial charge in [-0.1, -0.05) is 30.2 Å². The summed E-state index contributed by atoms with van der Waals surface area (Å²) in [6.45, 7) is 4.70. The number of ether oxygens (including phenoxy) is 2. The quantitative estimate of drug-likeness (QED) is 0.592. The molecule has 1 N–H and O–H groups in total. The molecule has 0 bridgehead atoms. The molecule has 182 valence electrons. The molecule has 1 spiro atoms. The number of likely N-dealkylation sites (tertiary alicyclic amines) is 1. The zero-order valence-corrected chi connectivity index (χ0v) is 21.0. The Labute approximate surface area is 207 Å². The smallest absolute Gasteiger partial charge is 0.253 e. The van der Waals surface area contributed by atoms with Gasteiger partial charge in [-0.2, -0.15) is 0 Å². The average Bonchev–Trinajstić information content (AvgIpc) is 2.79. The molecule has 2 aliphatic heterocycles. The molecule has 2 aromatic carbocycles. The minimum Gasteiger partial charge on any atom is -0.487 e. The Morgan fingerprint density at radius 1 is 1.18 bits per heavy atom. The molecule has 2 aromatic rings. The van der Waals surface area contributed by atoms with Gasteiger partial charge in [-0.3, -0.25) is 4.79 Å². The molecular weight excluding hydrogens is 448 g/mol. The van der Waals surface area contributed by atoms with Crippen molar-refractivity contribution in [2.45, 2.75) is 69.6 Å². The van der Waals surface area contributed by atoms with Gasteiger partial charge in [0.2, 0.25) is 0 Å². The molecule has 3 aliphatic rings. The van der Waals surface area contributed by atoms with Crippen LogP contribution in [0.1, 0.15) is 61.4 Å². The van der Waals surface area contributed by atoms with Gasteiger partial charge in [0.1, 0.15) is 11.4 Å². The number of amides is 1. The number of aryl methyl sites for hydroxylation is 1. The van der Waals surface area contributed by atoms with Gasteiger partial charge >= 0.3 is 0 Å². The van der Waals surface area contributed by atoms with Crippen LogP contribution >= 0.6 is 11.6 Å². The van der Waals surface area contributed by atoms with Crippen molar-refractivity contribution in [3.8, 4) is 16.9 Å². The van der Waals surface area contributed by atoms with E-state index in [0.717, 1.165) is 48.6 Å². The lowest BCUT2D eigenvalue weighted by Gasteiger charge is -2.48. The highest BCUT2D eigenvalue weighted by Gasteiger charge is 2.41. The third-order valence-electron chi connectivity index (χ3n) is 7.88. The molecule has 5 nitrogen and oxygen atoms in total. The summed E-state index contributed by atoms with van der Waals surface area (Å²) in [5, 5.41) is 3.36. The first-order chi connectivity index (χ1) is 16.5. The lowest BCUT2D eigenvalue weighted by Crippen LogP contribution is -2.53. The number of halogens is 1. The SMILES string of the molecule is COC[C@H](C)NC(=O)c1ccc(-c2ccc3c(c2)CCC2(CCN(C4CCC4)CC2)O3)cc1Cl. The third kappa shape index (κ3) is 4.84. The second-order valence-electron chi connectivity index (χ2n) is 10.3. The van der Waals surface area contributed by atoms with Crippen LogP contribution in [0, 0.1) is 0 Å². The van der Waals surface area contributed by atoms with E-state index in [1.165, 1.54) is 37.9 Å². The molecule has 5 rings (SSSR count). The fourth-order valence-electron chi connectivity index (χ4n) is 5.57. The average molecular weight is 483 g/mol. The Balaban J connectivity index is 1.26. The topological polar surface area (TPSA) is 50.8 Å². The highest BCUT2D eigenvalue weighted by atomic mass is 35.5. The maximum Gasteiger partial charge on any atom is 0.253 e. The first-order valence-corrected chi connectivity index (χ1v) is 13.0. The van der Waals surface area contributed by atoms with E-state index in [1.807, 2.05) is 19.1 Å². The number of hydrogen-bond acceptors (Lipinski definition) is 4. The summed E-state index contributed by atoms with van der Waals surface area (Å²) in [7, 11) is 1.62. The molecule has 1 atom stereocenters. The largest absolute Gasteiger partial charge is 0.487 e. The third-order valence-corrected chi connectivity index (χ3v) is 8.19. The van der Waals surface area contributed by atoms with E-state index in [0.29, 0.717) is 17.2 Å². The van der Waals surface area contributed by atoms with Crippen LogP contribution < -0.4 is 10.1 Å². The van der Waals surface area contributed by atoms with Gasteiger partial charge in [-0.25, -0.2) is 0 Å². The maximum absolute atomic E-state index is 12.5. The van der Waals surface area contributed by atoms with Crippen molar-refractivity contribution in [3.05, 3.63) is 52.5 Å². The zero-order chi connectivity index (χ0) is 23.7. The van der Waals surface area contributed by atoms with E-state index in [4.69, 9.17) is 21.1 Å². The molecule has 1 amide bonds. The van der Waals surface area contributed by atoms with Crippen molar-refractivity contribution in [1.29, 1.82) is 0 Å². The number of methoxy groups -OCH3 is 1. The van der Waals surface area contributed by atoms with E-state index >= 15 is 0 Å². The summed E-state index contributed by atoms with van der Waals surface area (Å²) >= 11 is 6.50. The van der Waals surface area contributed by atoms with Crippen molar-refractivity contribution >= 4 is 17.5 Å². The number of piperidine rings is 1. The molecular formula is C28H35ClN2O3. The van der Waals surface area contributed by atoms with Crippen LogP contribution in [0.25, 0.3) is 11.1 Å². The summed E-state index contributed by atoms with van der Waals surface area (Å²) < 4.78 is 11.7. The summed E-state index contributed by atoms with van der Waals surface area (Å²) in [6, 6.07) is 12.8. The molecule has 1 saturated carbocycles. The number of fused-ring (bicyclic) bond motifs is 1. The standard InChI is InChI=1S/C28H35ClN2O3/c1-19(18-33-2)30-27(32)24-8-6-21(17-25(24)29)20-7-9-26-22(16-20)10-11-28(34-26)12-14-31(15-13-28)23-4-3-5-23/h6-9,16-17,19,23H,3-5,10-15,18H2,1-2H3,(H,30,32)/t19-/m0/s1. The normalized spacial score (nSPS) is 20.8. The van der Waals surface area contributed by atoms with E-state index in [-0.39, 0.29) is 17.6 Å². The molecule has 1 saturated heterocycles. The lowest BCUT2D eigenvalue weighted by molar-refractivity contribution is -0.0336. The predicted molar refractivity (Wildman–Crippen MR) is 136 cm³/mol. The lowest BCUT2D eigenvalue weighted by atomic mass is 9.81. The minimum atomic E-state index is -0.186. The summed E-state index contributed by atoms with van der Waals surface area (Å²) in [5.41, 5.74) is 3.84. The van der Waals surface area contributed by atoms with Crippen LogP contribution in [-0.4, -0.2) is 55.3 Å². The Morgan fingerprint density at radius 2 is 1.91 bits per heavy atom. The van der Waals surface area contributed by atoms with Crippen LogP contribution in [0.4, 0.5) is 0 Å². The van der Waals surface area contributed by atoms with Gasteiger partial charge in [-0.05, 0) is 86.4 Å². The van der Waals surface area contributed by atoms with Crippen molar-refractivity contribution < 1.29 is 14.3 Å². The Morgan fingerprint density at radius 3 is 2.59 bits per heavy atom. The van der Waals surface area contributed by atoms with Gasteiger partial charge in [0, 0.05) is 32.3 Å². The van der Waals surface area contributed by atoms with Crippen LogP contribution in [0.3, 0.4) is 0 Å². The Kier molecular flexibility index (Phi) is 6.88. The second-order valence-corrected chi connectivity index (χ2v) is 10.7. The molecule has 0 unspecified atom stereocenters. The molecule has 6 heteroatoms. The number of rotatable bonds is 6. The van der Waals surface area contributed by atoms with Crippen LogP contribution in [0.2, 0.25) is 5.02 Å². The van der Waals surface area contributed by atoms with E-state index < -0.39 is 0 Å². The Bertz CT molecular complexity index is 1040. The van der Waals surface area contributed by atoms with Gasteiger partial charge in [0.25, 0.3) is 5.91 Å². The van der Waals surface area contributed by atoms with Crippen LogP contribution in [0.15, 0.2) is 36.4 Å². The van der Waals surface area contributed by atoms with Crippen molar-refractivity contribution in [2.75, 3.05) is 26.8 Å². The van der Waals surface area contributed by atoms with Crippen molar-refractivity contribution in [3.63, 3.8) is 0 Å². The van der Waals surface area contributed by atoms with Crippen molar-refractivity contribution in [1.82, 2.24) is 10.2 Å². The van der Waals surface area contributed by atoms with E-state index in [1.54, 1.807) is 13.2 Å². The molecule has 2 fully saturated rings. The number of nitrogens with one attached hydrogen (secondary N) is 1. The molecule has 0 radical (unpaired) electrons. The fourth-order valence-corrected chi connectivity index (χ4v) is 5.84. The first kappa shape index (κ1) is 23.7. The number of carbonyl (C=O) groups is 1. The number of hydrogen-bond donors (Lipinski definition) is 1. The number of benzene rings is 2. The van der Waals surface area contributed by atoms with Gasteiger partial charge in [0.05, 0.1) is 17.2 Å². The van der Waals surface area contributed by atoms with Gasteiger partial charge < -0.3 is 19.7 Å². The van der Waals surface area contributed by atoms with Crippen LogP contribution in [0.5, 0.6) is 5.75 Å². The first-order valence-electron chi connectivity index (χ1n) is 12.6. The van der Waals surface area contributed by atoms with Gasteiger partial charge in [0.15, 0.2) is 0 Å². The summed E-state index contributed by atoms with van der Waals surface area (Å²) in [4.78, 5) is 15.2. The minimum absolute atomic E-state index is 0.00698. The molecule has 34 heavy (non-hydrogen) atoms. The monoisotopic (exact) mass is 482 g/mol. The Hall–Kier alpha value is -2.08. The zero-order valence-electron chi connectivity index (χ0n) is 20.2. The molecule has 1 aliphatic carbocycles. The highest BCUT2D eigenvalue weighted by molar-refractivity contribution is 6.34. The number of nitrogens with zero attached hydrogens (tertiary/aromatic N) is 1. The molecule has 2 heterocycles.